The Hall–Kier alpha value is -0.740. The molecule has 1 unspecified atom stereocenters. The van der Waals surface area contributed by atoms with Crippen LogP contribution in [-0.2, 0) is 11.2 Å². The van der Waals surface area contributed by atoms with E-state index in [1.54, 1.807) is 17.5 Å². The molecule has 1 fully saturated rings. The van der Waals surface area contributed by atoms with Crippen molar-refractivity contribution in [2.24, 2.45) is 5.92 Å². The van der Waals surface area contributed by atoms with Crippen LogP contribution in [0.3, 0.4) is 0 Å². The summed E-state index contributed by atoms with van der Waals surface area (Å²) in [5.41, 5.74) is 0. The van der Waals surface area contributed by atoms with Gasteiger partial charge in [0.05, 0.1) is 11.4 Å². The lowest BCUT2D eigenvalue weighted by molar-refractivity contribution is -0.122. The van der Waals surface area contributed by atoms with Gasteiger partial charge in [0.2, 0.25) is 0 Å². The van der Waals surface area contributed by atoms with E-state index in [-0.39, 0.29) is 5.92 Å². The first-order valence-corrected chi connectivity index (χ1v) is 7.27. The van der Waals surface area contributed by atoms with Gasteiger partial charge in [-0.25, -0.2) is 4.98 Å². The lowest BCUT2D eigenvalue weighted by Crippen LogP contribution is -2.36. The van der Waals surface area contributed by atoms with Crippen LogP contribution < -0.4 is 0 Å². The SMILES string of the molecule is CC(CN1CCCCC1)C(=O)Cc1nccs1. The number of carbonyl (C=O) groups is 1. The number of Topliss-reactive ketones (excluding diaryl/α,β-unsaturated/α-hetero) is 1. The van der Waals surface area contributed by atoms with Crippen LogP contribution in [0.15, 0.2) is 11.6 Å². The maximum atomic E-state index is 12.0. The predicted octanol–water partition coefficient (Wildman–Crippen LogP) is 2.38. The molecule has 0 saturated carbocycles. The summed E-state index contributed by atoms with van der Waals surface area (Å²) in [6.45, 7) is 5.29. The molecule has 1 aromatic heterocycles. The zero-order valence-electron chi connectivity index (χ0n) is 10.4. The molecule has 1 aliphatic rings. The van der Waals surface area contributed by atoms with Crippen LogP contribution in [0.4, 0.5) is 0 Å². The van der Waals surface area contributed by atoms with Crippen LogP contribution in [0.25, 0.3) is 0 Å². The van der Waals surface area contributed by atoms with Crippen molar-refractivity contribution in [3.63, 3.8) is 0 Å². The topological polar surface area (TPSA) is 33.2 Å². The number of likely N-dealkylation sites (tertiary alicyclic amines) is 1. The van der Waals surface area contributed by atoms with E-state index >= 15 is 0 Å². The van der Waals surface area contributed by atoms with Crippen LogP contribution in [0.5, 0.6) is 0 Å². The zero-order chi connectivity index (χ0) is 12.1. The number of carbonyl (C=O) groups excluding carboxylic acids is 1. The smallest absolute Gasteiger partial charge is 0.143 e. The Morgan fingerprint density at radius 1 is 1.47 bits per heavy atom. The van der Waals surface area contributed by atoms with E-state index in [1.807, 2.05) is 12.3 Å². The van der Waals surface area contributed by atoms with E-state index in [0.717, 1.165) is 24.6 Å². The molecule has 1 aromatic rings. The fourth-order valence-corrected chi connectivity index (χ4v) is 2.92. The molecule has 0 bridgehead atoms. The normalized spacial score (nSPS) is 19.1. The minimum absolute atomic E-state index is 0.136. The first-order chi connectivity index (χ1) is 8.25. The van der Waals surface area contributed by atoms with Gasteiger partial charge in [-0.05, 0) is 25.9 Å². The highest BCUT2D eigenvalue weighted by atomic mass is 32.1. The highest BCUT2D eigenvalue weighted by Gasteiger charge is 2.19. The fraction of sp³-hybridized carbons (Fsp3) is 0.692. The molecule has 1 aliphatic heterocycles. The summed E-state index contributed by atoms with van der Waals surface area (Å²) >= 11 is 1.57. The van der Waals surface area contributed by atoms with Crippen molar-refractivity contribution in [1.29, 1.82) is 0 Å². The second-order valence-electron chi connectivity index (χ2n) is 4.83. The standard InChI is InChI=1S/C13H20N2OS/c1-11(10-15-6-3-2-4-7-15)12(16)9-13-14-5-8-17-13/h5,8,11H,2-4,6-7,9-10H2,1H3. The number of aromatic nitrogens is 1. The maximum absolute atomic E-state index is 12.0. The van der Waals surface area contributed by atoms with Crippen LogP contribution in [-0.4, -0.2) is 35.3 Å². The highest BCUT2D eigenvalue weighted by molar-refractivity contribution is 7.09. The second kappa shape index (κ2) is 6.26. The summed E-state index contributed by atoms with van der Waals surface area (Å²) in [7, 11) is 0. The Labute approximate surface area is 107 Å². The largest absolute Gasteiger partial charge is 0.303 e. The van der Waals surface area contributed by atoms with Crippen LogP contribution >= 0.6 is 11.3 Å². The first kappa shape index (κ1) is 12.7. The van der Waals surface area contributed by atoms with Crippen molar-refractivity contribution >= 4 is 17.1 Å². The van der Waals surface area contributed by atoms with Crippen molar-refractivity contribution in [3.05, 3.63) is 16.6 Å². The summed E-state index contributed by atoms with van der Waals surface area (Å²) in [5, 5.41) is 2.87. The van der Waals surface area contributed by atoms with Gasteiger partial charge in [-0.3, -0.25) is 4.79 Å². The quantitative estimate of drug-likeness (QED) is 0.806. The lowest BCUT2D eigenvalue weighted by Gasteiger charge is -2.28. The van der Waals surface area contributed by atoms with Gasteiger partial charge < -0.3 is 4.90 Å². The number of hydrogen-bond acceptors (Lipinski definition) is 4. The van der Waals surface area contributed by atoms with E-state index in [9.17, 15) is 4.79 Å². The summed E-state index contributed by atoms with van der Waals surface area (Å²) < 4.78 is 0. The first-order valence-electron chi connectivity index (χ1n) is 6.39. The minimum Gasteiger partial charge on any atom is -0.303 e. The monoisotopic (exact) mass is 252 g/mol. The third-order valence-electron chi connectivity index (χ3n) is 3.34. The van der Waals surface area contributed by atoms with Gasteiger partial charge >= 0.3 is 0 Å². The van der Waals surface area contributed by atoms with Crippen molar-refractivity contribution < 1.29 is 4.79 Å². The third-order valence-corrected chi connectivity index (χ3v) is 4.12. The predicted molar refractivity (Wildman–Crippen MR) is 70.3 cm³/mol. The molecular weight excluding hydrogens is 232 g/mol. The maximum Gasteiger partial charge on any atom is 0.143 e. The number of ketones is 1. The molecule has 3 nitrogen and oxygen atoms in total. The molecule has 1 atom stereocenters. The molecule has 4 heteroatoms. The lowest BCUT2D eigenvalue weighted by atomic mass is 10.0. The summed E-state index contributed by atoms with van der Waals surface area (Å²) in [5.74, 6) is 0.461. The molecule has 0 amide bonds. The molecule has 94 valence electrons. The molecule has 0 N–H and O–H groups in total. The average Bonchev–Trinajstić information content (AvgIpc) is 2.83. The number of hydrogen-bond donors (Lipinski definition) is 0. The van der Waals surface area contributed by atoms with Crippen molar-refractivity contribution in [3.8, 4) is 0 Å². The molecule has 0 spiro atoms. The molecule has 0 aromatic carbocycles. The van der Waals surface area contributed by atoms with Gasteiger partial charge in [-0.1, -0.05) is 13.3 Å². The highest BCUT2D eigenvalue weighted by Crippen LogP contribution is 2.13. The summed E-state index contributed by atoms with van der Waals surface area (Å²) in [6, 6.07) is 0. The van der Waals surface area contributed by atoms with Gasteiger partial charge in [0.1, 0.15) is 5.78 Å². The van der Waals surface area contributed by atoms with E-state index in [0.29, 0.717) is 12.2 Å². The fourth-order valence-electron chi connectivity index (χ4n) is 2.29. The van der Waals surface area contributed by atoms with E-state index in [2.05, 4.69) is 9.88 Å². The summed E-state index contributed by atoms with van der Waals surface area (Å²) in [4.78, 5) is 18.6. The van der Waals surface area contributed by atoms with Gasteiger partial charge in [0.15, 0.2) is 0 Å². The van der Waals surface area contributed by atoms with Crippen LogP contribution in [0.2, 0.25) is 0 Å². The molecule has 2 rings (SSSR count). The molecule has 2 heterocycles. The molecular formula is C13H20N2OS. The van der Waals surface area contributed by atoms with Gasteiger partial charge in [-0.2, -0.15) is 0 Å². The minimum atomic E-state index is 0.136. The molecule has 0 aliphatic carbocycles. The Morgan fingerprint density at radius 3 is 2.88 bits per heavy atom. The summed E-state index contributed by atoms with van der Waals surface area (Å²) in [6.07, 6.45) is 6.19. The second-order valence-corrected chi connectivity index (χ2v) is 5.81. The Bertz CT molecular complexity index is 344. The number of rotatable bonds is 5. The van der Waals surface area contributed by atoms with Gasteiger partial charge in [-0.15, -0.1) is 11.3 Å². The Balaban J connectivity index is 1.78. The molecule has 0 radical (unpaired) electrons. The van der Waals surface area contributed by atoms with Crippen LogP contribution in [0, 0.1) is 5.92 Å². The number of thiazole rings is 1. The van der Waals surface area contributed by atoms with Gasteiger partial charge in [0.25, 0.3) is 0 Å². The molecule has 1 saturated heterocycles. The third kappa shape index (κ3) is 3.89. The van der Waals surface area contributed by atoms with Crippen LogP contribution in [0.1, 0.15) is 31.2 Å². The van der Waals surface area contributed by atoms with Crippen molar-refractivity contribution in [1.82, 2.24) is 9.88 Å². The molecule has 17 heavy (non-hydrogen) atoms. The van der Waals surface area contributed by atoms with Crippen molar-refractivity contribution in [2.75, 3.05) is 19.6 Å². The van der Waals surface area contributed by atoms with Crippen molar-refractivity contribution in [2.45, 2.75) is 32.6 Å². The number of nitrogens with zero attached hydrogens (tertiary/aromatic N) is 2. The Kier molecular flexibility index (Phi) is 4.68. The number of piperidine rings is 1. The Morgan fingerprint density at radius 2 is 2.24 bits per heavy atom. The zero-order valence-corrected chi connectivity index (χ0v) is 11.2. The van der Waals surface area contributed by atoms with E-state index in [4.69, 9.17) is 0 Å². The van der Waals surface area contributed by atoms with E-state index in [1.165, 1.54) is 19.3 Å². The van der Waals surface area contributed by atoms with Gasteiger partial charge in [0, 0.05) is 24.0 Å². The van der Waals surface area contributed by atoms with E-state index < -0.39 is 0 Å². The average molecular weight is 252 g/mol.